The number of sulfonamides is 1. The zero-order valence-corrected chi connectivity index (χ0v) is 9.91. The second kappa shape index (κ2) is 4.59. The van der Waals surface area contributed by atoms with Gasteiger partial charge < -0.3 is 5.73 Å². The van der Waals surface area contributed by atoms with Gasteiger partial charge in [-0.1, -0.05) is 4.47 Å². The molecule has 0 spiro atoms. The van der Waals surface area contributed by atoms with Gasteiger partial charge in [0.2, 0.25) is 0 Å². The van der Waals surface area contributed by atoms with E-state index < -0.39 is 15.8 Å². The molecule has 0 aliphatic carbocycles. The molecular formula is C10H13FN2O3S. The normalized spacial score (nSPS) is 18.2. The van der Waals surface area contributed by atoms with E-state index in [2.05, 4.69) is 0 Å². The summed E-state index contributed by atoms with van der Waals surface area (Å²) in [6.07, 6.45) is 1.54. The molecule has 0 bridgehead atoms. The van der Waals surface area contributed by atoms with Crippen LogP contribution in [0.15, 0.2) is 23.1 Å². The summed E-state index contributed by atoms with van der Waals surface area (Å²) in [6, 6.07) is 3.22. The molecule has 0 saturated carbocycles. The lowest BCUT2D eigenvalue weighted by Crippen LogP contribution is -2.35. The van der Waals surface area contributed by atoms with Crippen molar-refractivity contribution >= 4 is 15.7 Å². The summed E-state index contributed by atoms with van der Waals surface area (Å²) in [5.41, 5.74) is 5.49. The smallest absolute Gasteiger partial charge is 0.265 e. The van der Waals surface area contributed by atoms with Crippen molar-refractivity contribution in [2.45, 2.75) is 17.7 Å². The van der Waals surface area contributed by atoms with E-state index in [1.165, 1.54) is 6.07 Å². The predicted octanol–water partition coefficient (Wildman–Crippen LogP) is 1.12. The number of rotatable bonds is 2. The Morgan fingerprint density at radius 1 is 1.29 bits per heavy atom. The molecule has 0 atom stereocenters. The van der Waals surface area contributed by atoms with E-state index in [-0.39, 0.29) is 17.1 Å². The highest BCUT2D eigenvalue weighted by Crippen LogP contribution is 2.22. The van der Waals surface area contributed by atoms with Crippen molar-refractivity contribution in [2.75, 3.05) is 18.9 Å². The summed E-state index contributed by atoms with van der Waals surface area (Å²) in [5.74, 6) is -0.680. The molecule has 1 aromatic carbocycles. The van der Waals surface area contributed by atoms with Crippen LogP contribution < -0.4 is 5.73 Å². The van der Waals surface area contributed by atoms with Crippen LogP contribution in [0, 0.1) is 5.82 Å². The number of hydrogen-bond acceptors (Lipinski definition) is 4. The van der Waals surface area contributed by atoms with Gasteiger partial charge in [-0.15, -0.1) is 0 Å². The number of benzene rings is 1. The average molecular weight is 260 g/mol. The third-order valence-corrected chi connectivity index (χ3v) is 4.09. The zero-order valence-electron chi connectivity index (χ0n) is 9.10. The maximum absolute atomic E-state index is 13.1. The van der Waals surface area contributed by atoms with Crippen LogP contribution in [0.1, 0.15) is 12.8 Å². The van der Waals surface area contributed by atoms with E-state index in [1.807, 2.05) is 0 Å². The van der Waals surface area contributed by atoms with E-state index in [4.69, 9.17) is 10.6 Å². The fourth-order valence-corrected chi connectivity index (χ4v) is 2.98. The molecule has 2 N–H and O–H groups in total. The van der Waals surface area contributed by atoms with Gasteiger partial charge in [-0.3, -0.25) is 4.84 Å². The van der Waals surface area contributed by atoms with E-state index in [9.17, 15) is 12.8 Å². The van der Waals surface area contributed by atoms with Crippen molar-refractivity contribution in [2.24, 2.45) is 0 Å². The van der Waals surface area contributed by atoms with E-state index in [0.717, 1.165) is 29.4 Å². The topological polar surface area (TPSA) is 72.6 Å². The third-order valence-electron chi connectivity index (χ3n) is 2.43. The second-order valence-electron chi connectivity index (χ2n) is 3.79. The molecule has 2 rings (SSSR count). The molecule has 0 unspecified atom stereocenters. The molecule has 1 aliphatic rings. The van der Waals surface area contributed by atoms with Gasteiger partial charge in [-0.25, -0.2) is 12.8 Å². The SMILES string of the molecule is Nc1cc(F)cc(S(=O)(=O)N2CCCCO2)c1. The predicted molar refractivity (Wildman–Crippen MR) is 59.9 cm³/mol. The van der Waals surface area contributed by atoms with Crippen LogP contribution in [0.4, 0.5) is 10.1 Å². The lowest BCUT2D eigenvalue weighted by atomic mass is 10.3. The Bertz CT molecular complexity index is 492. The van der Waals surface area contributed by atoms with Gasteiger partial charge in [0.15, 0.2) is 0 Å². The van der Waals surface area contributed by atoms with Crippen molar-refractivity contribution in [3.05, 3.63) is 24.0 Å². The summed E-state index contributed by atoms with van der Waals surface area (Å²) in [5, 5.41) is 0. The highest BCUT2D eigenvalue weighted by molar-refractivity contribution is 7.89. The minimum absolute atomic E-state index is 0.0700. The van der Waals surface area contributed by atoms with Gasteiger partial charge in [-0.05, 0) is 31.0 Å². The summed E-state index contributed by atoms with van der Waals surface area (Å²) >= 11 is 0. The quantitative estimate of drug-likeness (QED) is 0.809. The lowest BCUT2D eigenvalue weighted by Gasteiger charge is -2.25. The van der Waals surface area contributed by atoms with Crippen molar-refractivity contribution in [1.82, 2.24) is 4.47 Å². The fraction of sp³-hybridized carbons (Fsp3) is 0.400. The van der Waals surface area contributed by atoms with E-state index in [0.29, 0.717) is 6.61 Å². The van der Waals surface area contributed by atoms with Crippen LogP contribution >= 0.6 is 0 Å². The molecule has 1 aromatic rings. The average Bonchev–Trinajstić information content (AvgIpc) is 2.29. The third kappa shape index (κ3) is 2.56. The fourth-order valence-electron chi connectivity index (χ4n) is 1.61. The summed E-state index contributed by atoms with van der Waals surface area (Å²) in [6.45, 7) is 0.628. The molecular weight excluding hydrogens is 247 g/mol. The zero-order chi connectivity index (χ0) is 12.5. The Morgan fingerprint density at radius 2 is 2.06 bits per heavy atom. The first-order chi connectivity index (χ1) is 8.00. The van der Waals surface area contributed by atoms with Gasteiger partial charge in [0, 0.05) is 12.2 Å². The maximum atomic E-state index is 13.1. The minimum atomic E-state index is -3.82. The second-order valence-corrected chi connectivity index (χ2v) is 5.62. The van der Waals surface area contributed by atoms with Crippen molar-refractivity contribution in [3.8, 4) is 0 Å². The lowest BCUT2D eigenvalue weighted by molar-refractivity contribution is -0.108. The molecule has 94 valence electrons. The highest BCUT2D eigenvalue weighted by Gasteiger charge is 2.27. The molecule has 5 nitrogen and oxygen atoms in total. The highest BCUT2D eigenvalue weighted by atomic mass is 32.2. The van der Waals surface area contributed by atoms with Crippen molar-refractivity contribution in [1.29, 1.82) is 0 Å². The van der Waals surface area contributed by atoms with Gasteiger partial charge in [0.05, 0.1) is 11.5 Å². The molecule has 0 radical (unpaired) electrons. The van der Waals surface area contributed by atoms with Crippen LogP contribution in [-0.2, 0) is 14.9 Å². The van der Waals surface area contributed by atoms with Crippen LogP contribution in [-0.4, -0.2) is 26.0 Å². The van der Waals surface area contributed by atoms with Gasteiger partial charge in [0.1, 0.15) is 5.82 Å². The Balaban J connectivity index is 2.36. The number of anilines is 1. The van der Waals surface area contributed by atoms with Crippen LogP contribution in [0.3, 0.4) is 0 Å². The number of hydrogen-bond donors (Lipinski definition) is 1. The molecule has 1 aliphatic heterocycles. The Labute approximate surface area is 99.0 Å². The van der Waals surface area contributed by atoms with Crippen molar-refractivity contribution < 1.29 is 17.6 Å². The first-order valence-electron chi connectivity index (χ1n) is 5.22. The number of halogens is 1. The van der Waals surface area contributed by atoms with Gasteiger partial charge in [-0.2, -0.15) is 0 Å². The molecule has 1 heterocycles. The molecule has 0 aromatic heterocycles. The molecule has 1 fully saturated rings. The first kappa shape index (κ1) is 12.3. The molecule has 0 amide bonds. The minimum Gasteiger partial charge on any atom is -0.399 e. The Hall–Kier alpha value is -1.18. The molecule has 1 saturated heterocycles. The van der Waals surface area contributed by atoms with E-state index in [1.54, 1.807) is 0 Å². The standard InChI is InChI=1S/C10H13FN2O3S/c11-8-5-9(12)7-10(6-8)17(14,15)13-3-1-2-4-16-13/h5-7H,1-4,12H2. The van der Waals surface area contributed by atoms with Gasteiger partial charge >= 0.3 is 0 Å². The van der Waals surface area contributed by atoms with Crippen LogP contribution in [0.2, 0.25) is 0 Å². The van der Waals surface area contributed by atoms with E-state index >= 15 is 0 Å². The maximum Gasteiger partial charge on any atom is 0.265 e. The molecule has 7 heteroatoms. The number of hydroxylamine groups is 1. The van der Waals surface area contributed by atoms with Gasteiger partial charge in [0.25, 0.3) is 10.0 Å². The largest absolute Gasteiger partial charge is 0.399 e. The summed E-state index contributed by atoms with van der Waals surface area (Å²) < 4.78 is 38.2. The number of nitrogens with two attached hydrogens (primary N) is 1. The van der Waals surface area contributed by atoms with Crippen LogP contribution in [0.25, 0.3) is 0 Å². The number of nitrogen functional groups attached to an aromatic ring is 1. The number of nitrogens with zero attached hydrogens (tertiary/aromatic N) is 1. The first-order valence-corrected chi connectivity index (χ1v) is 6.66. The Kier molecular flexibility index (Phi) is 3.32. The monoisotopic (exact) mass is 260 g/mol. The van der Waals surface area contributed by atoms with Crippen LogP contribution in [0.5, 0.6) is 0 Å². The van der Waals surface area contributed by atoms with Crippen molar-refractivity contribution in [3.63, 3.8) is 0 Å². The Morgan fingerprint density at radius 3 is 2.65 bits per heavy atom. The molecule has 17 heavy (non-hydrogen) atoms. The summed E-state index contributed by atoms with van der Waals surface area (Å²) in [7, 11) is -3.82. The summed E-state index contributed by atoms with van der Waals surface area (Å²) in [4.78, 5) is 4.88.